The van der Waals surface area contributed by atoms with Gasteiger partial charge < -0.3 is 9.64 Å². The summed E-state index contributed by atoms with van der Waals surface area (Å²) in [6, 6.07) is 5.79. The Bertz CT molecular complexity index is 1260. The molecule has 1 saturated heterocycles. The predicted molar refractivity (Wildman–Crippen MR) is 117 cm³/mol. The number of ether oxygens (including phenoxy) is 1. The summed E-state index contributed by atoms with van der Waals surface area (Å²) in [5.41, 5.74) is 0.569. The number of likely N-dealkylation sites (tertiary alicyclic amines) is 1. The predicted octanol–water partition coefficient (Wildman–Crippen LogP) is 3.51. The Kier molecular flexibility index (Phi) is 5.94. The lowest BCUT2D eigenvalue weighted by Gasteiger charge is -2.21. The molecular formula is C24H24F3N5O3. The quantitative estimate of drug-likeness (QED) is 0.512. The van der Waals surface area contributed by atoms with Crippen LogP contribution in [0.4, 0.5) is 13.2 Å². The van der Waals surface area contributed by atoms with Gasteiger partial charge in [0, 0.05) is 38.8 Å². The largest absolute Gasteiger partial charge is 0.466 e. The molecule has 1 amide bonds. The third-order valence-electron chi connectivity index (χ3n) is 6.88. The van der Waals surface area contributed by atoms with Gasteiger partial charge in [0.2, 0.25) is 5.82 Å². The van der Waals surface area contributed by atoms with Crippen molar-refractivity contribution in [3.63, 3.8) is 0 Å². The monoisotopic (exact) mass is 487 g/mol. The minimum Gasteiger partial charge on any atom is -0.466 e. The molecule has 35 heavy (non-hydrogen) atoms. The summed E-state index contributed by atoms with van der Waals surface area (Å²) < 4.78 is 46.7. The topological polar surface area (TPSA) is 89.7 Å². The lowest BCUT2D eigenvalue weighted by Crippen LogP contribution is -2.30. The number of benzene rings is 1. The van der Waals surface area contributed by atoms with Gasteiger partial charge in [0.25, 0.3) is 11.7 Å². The number of hydrogen-bond acceptors (Lipinski definition) is 6. The number of hydrogen-bond donors (Lipinski definition) is 0. The van der Waals surface area contributed by atoms with Gasteiger partial charge in [-0.05, 0) is 47.8 Å². The van der Waals surface area contributed by atoms with E-state index in [1.54, 1.807) is 29.4 Å². The molecule has 5 rings (SSSR count). The Hall–Kier alpha value is -3.50. The minimum atomic E-state index is -4.38. The number of alkyl halides is 3. The Balaban J connectivity index is 1.24. The van der Waals surface area contributed by atoms with Crippen LogP contribution in [-0.4, -0.2) is 56.1 Å². The third-order valence-corrected chi connectivity index (χ3v) is 6.88. The average molecular weight is 487 g/mol. The highest BCUT2D eigenvalue weighted by molar-refractivity contribution is 5.91. The zero-order valence-electron chi connectivity index (χ0n) is 19.0. The van der Waals surface area contributed by atoms with Gasteiger partial charge in [0.15, 0.2) is 0 Å². The summed E-state index contributed by atoms with van der Waals surface area (Å²) in [5.74, 6) is -0.219. The fraction of sp³-hybridized carbons (Fsp3) is 0.458. The Labute approximate surface area is 199 Å². The zero-order valence-corrected chi connectivity index (χ0v) is 19.0. The average Bonchev–Trinajstić information content (AvgIpc) is 3.50. The van der Waals surface area contributed by atoms with Crippen LogP contribution in [0.5, 0.6) is 0 Å². The summed E-state index contributed by atoms with van der Waals surface area (Å²) in [4.78, 5) is 34.1. The number of halogens is 3. The van der Waals surface area contributed by atoms with E-state index >= 15 is 0 Å². The van der Waals surface area contributed by atoms with E-state index in [0.717, 1.165) is 11.6 Å². The lowest BCUT2D eigenvalue weighted by molar-refractivity contribution is -0.141. The molecular weight excluding hydrogens is 463 g/mol. The summed E-state index contributed by atoms with van der Waals surface area (Å²) >= 11 is 0. The van der Waals surface area contributed by atoms with Gasteiger partial charge in [-0.3, -0.25) is 9.59 Å². The van der Waals surface area contributed by atoms with Crippen molar-refractivity contribution < 1.29 is 27.5 Å². The van der Waals surface area contributed by atoms with Gasteiger partial charge in [-0.1, -0.05) is 18.2 Å². The molecule has 1 aliphatic heterocycles. The van der Waals surface area contributed by atoms with Crippen molar-refractivity contribution in [3.8, 4) is 0 Å². The first kappa shape index (κ1) is 23.3. The maximum Gasteiger partial charge on any atom is 0.416 e. The van der Waals surface area contributed by atoms with E-state index in [0.29, 0.717) is 37.9 Å². The van der Waals surface area contributed by atoms with E-state index < -0.39 is 11.7 Å². The first-order valence-corrected chi connectivity index (χ1v) is 11.5. The molecule has 3 heterocycles. The Morgan fingerprint density at radius 2 is 1.86 bits per heavy atom. The highest BCUT2D eigenvalue weighted by Crippen LogP contribution is 2.48. The molecule has 3 aromatic rings. The fourth-order valence-electron chi connectivity index (χ4n) is 5.33. The number of esters is 1. The number of rotatable bonds is 5. The maximum absolute atomic E-state index is 13.5. The van der Waals surface area contributed by atoms with Crippen LogP contribution in [0.25, 0.3) is 5.78 Å². The summed E-state index contributed by atoms with van der Waals surface area (Å²) in [6.07, 6.45) is 0.609. The first-order valence-electron chi connectivity index (χ1n) is 11.5. The molecule has 0 bridgehead atoms. The fourth-order valence-corrected chi connectivity index (χ4v) is 5.33. The van der Waals surface area contributed by atoms with E-state index in [1.807, 2.05) is 0 Å². The van der Waals surface area contributed by atoms with Crippen molar-refractivity contribution >= 4 is 17.7 Å². The maximum atomic E-state index is 13.5. The van der Waals surface area contributed by atoms with Crippen LogP contribution in [-0.2, 0) is 22.1 Å². The Morgan fingerprint density at radius 1 is 1.14 bits per heavy atom. The smallest absolute Gasteiger partial charge is 0.416 e. The van der Waals surface area contributed by atoms with E-state index in [9.17, 15) is 22.8 Å². The van der Waals surface area contributed by atoms with Crippen molar-refractivity contribution in [1.29, 1.82) is 0 Å². The standard InChI is InChI=1S/C24H24F3N5O3/c1-14(33)35-7-6-15-10-28-23-29-21(30-32(23)11-15)22(34)31-12-17-8-16(9-18(17)13-31)19-4-2-3-5-20(19)24(25,26)27/h2-5,10-11,16-18H,6-9,12-13H2,1H3/t16?,17-,18+. The minimum absolute atomic E-state index is 0.0357. The molecule has 3 atom stereocenters. The molecule has 1 aliphatic carbocycles. The van der Waals surface area contributed by atoms with Crippen LogP contribution >= 0.6 is 0 Å². The van der Waals surface area contributed by atoms with Crippen LogP contribution in [0, 0.1) is 11.8 Å². The van der Waals surface area contributed by atoms with Crippen molar-refractivity contribution in [1.82, 2.24) is 24.5 Å². The van der Waals surface area contributed by atoms with Gasteiger partial charge in [-0.2, -0.15) is 18.2 Å². The number of aromatic nitrogens is 4. The van der Waals surface area contributed by atoms with Gasteiger partial charge >= 0.3 is 12.1 Å². The molecule has 2 aromatic heterocycles. The van der Waals surface area contributed by atoms with Crippen molar-refractivity contribution in [2.75, 3.05) is 19.7 Å². The van der Waals surface area contributed by atoms with E-state index in [4.69, 9.17) is 4.74 Å². The molecule has 1 aromatic carbocycles. The normalized spacial score (nSPS) is 21.9. The SMILES string of the molecule is CC(=O)OCCc1cnc2nc(C(=O)N3C[C@H]4CC(c5ccccc5C(F)(F)F)C[C@H]4C3)nn2c1. The first-order chi connectivity index (χ1) is 16.7. The molecule has 1 saturated carbocycles. The van der Waals surface area contributed by atoms with Crippen molar-refractivity contribution in [3.05, 3.63) is 59.2 Å². The molecule has 0 radical (unpaired) electrons. The van der Waals surface area contributed by atoms with Crippen LogP contribution in [0.2, 0.25) is 0 Å². The highest BCUT2D eigenvalue weighted by Gasteiger charge is 2.45. The molecule has 11 heteroatoms. The van der Waals surface area contributed by atoms with Crippen LogP contribution < -0.4 is 0 Å². The molecule has 184 valence electrons. The molecule has 8 nitrogen and oxygen atoms in total. The van der Waals surface area contributed by atoms with Crippen molar-refractivity contribution in [2.24, 2.45) is 11.8 Å². The molecule has 1 unspecified atom stereocenters. The Morgan fingerprint density at radius 3 is 2.54 bits per heavy atom. The van der Waals surface area contributed by atoms with Crippen molar-refractivity contribution in [2.45, 2.75) is 38.3 Å². The van der Waals surface area contributed by atoms with Gasteiger partial charge in [-0.25, -0.2) is 9.50 Å². The van der Waals surface area contributed by atoms with Crippen LogP contribution in [0.3, 0.4) is 0 Å². The van der Waals surface area contributed by atoms with Gasteiger partial charge in [0.1, 0.15) is 0 Å². The van der Waals surface area contributed by atoms with Crippen LogP contribution in [0.15, 0.2) is 36.7 Å². The molecule has 2 fully saturated rings. The number of amides is 1. The third kappa shape index (κ3) is 4.71. The summed E-state index contributed by atoms with van der Waals surface area (Å²) in [5, 5.41) is 4.28. The number of nitrogens with zero attached hydrogens (tertiary/aromatic N) is 5. The number of fused-ring (bicyclic) bond motifs is 2. The molecule has 0 N–H and O–H groups in total. The van der Waals surface area contributed by atoms with Crippen LogP contribution in [0.1, 0.15) is 53.0 Å². The number of carbonyl (C=O) groups excluding carboxylic acids is 2. The van der Waals surface area contributed by atoms with E-state index in [-0.39, 0.29) is 47.8 Å². The number of carbonyl (C=O) groups is 2. The van der Waals surface area contributed by atoms with E-state index in [1.165, 1.54) is 17.5 Å². The van der Waals surface area contributed by atoms with E-state index in [2.05, 4.69) is 15.1 Å². The zero-order chi connectivity index (χ0) is 24.7. The second-order valence-corrected chi connectivity index (χ2v) is 9.22. The second-order valence-electron chi connectivity index (χ2n) is 9.22. The summed E-state index contributed by atoms with van der Waals surface area (Å²) in [7, 11) is 0. The summed E-state index contributed by atoms with van der Waals surface area (Å²) in [6.45, 7) is 2.51. The second kappa shape index (κ2) is 8.94. The van der Waals surface area contributed by atoms with Gasteiger partial charge in [-0.15, -0.1) is 5.10 Å². The lowest BCUT2D eigenvalue weighted by atomic mass is 9.91. The highest BCUT2D eigenvalue weighted by atomic mass is 19.4. The molecule has 2 aliphatic rings. The van der Waals surface area contributed by atoms with Gasteiger partial charge in [0.05, 0.1) is 12.2 Å². The molecule has 0 spiro atoms.